The number of primary amides is 1. The molecule has 4 nitrogen and oxygen atoms in total. The lowest BCUT2D eigenvalue weighted by atomic mass is 9.89. The molecule has 0 radical (unpaired) electrons. The highest BCUT2D eigenvalue weighted by molar-refractivity contribution is 5.80. The topological polar surface area (TPSA) is 64.3 Å². The third-order valence-electron chi connectivity index (χ3n) is 3.71. The first-order valence-electron chi connectivity index (χ1n) is 6.55. The first kappa shape index (κ1) is 13.9. The van der Waals surface area contributed by atoms with Crippen molar-refractivity contribution in [3.8, 4) is 5.75 Å². The molecule has 0 saturated carbocycles. The quantitative estimate of drug-likeness (QED) is 0.872. The van der Waals surface area contributed by atoms with E-state index in [-0.39, 0.29) is 17.6 Å². The Morgan fingerprint density at radius 3 is 2.68 bits per heavy atom. The molecule has 1 aromatic rings. The number of para-hydroxylation sites is 1. The van der Waals surface area contributed by atoms with Gasteiger partial charge in [-0.2, -0.15) is 0 Å². The molecule has 1 amide bonds. The molecule has 1 unspecified atom stereocenters. The van der Waals surface area contributed by atoms with Crippen LogP contribution >= 0.6 is 0 Å². The molecule has 1 aliphatic rings. The summed E-state index contributed by atoms with van der Waals surface area (Å²) in [6, 6.07) is 8.04. The maximum atomic E-state index is 11.4. The van der Waals surface area contributed by atoms with E-state index in [1.807, 2.05) is 45.9 Å². The van der Waals surface area contributed by atoms with Gasteiger partial charge in [-0.15, -0.1) is 0 Å². The fourth-order valence-electron chi connectivity index (χ4n) is 2.33. The van der Waals surface area contributed by atoms with Crippen molar-refractivity contribution in [3.05, 3.63) is 29.8 Å². The van der Waals surface area contributed by atoms with Crippen LogP contribution in [0.4, 0.5) is 0 Å². The van der Waals surface area contributed by atoms with E-state index in [1.165, 1.54) is 0 Å². The lowest BCUT2D eigenvalue weighted by Crippen LogP contribution is -2.46. The molecule has 0 aromatic heterocycles. The molecule has 0 fully saturated rings. The monoisotopic (exact) mass is 262 g/mol. The first-order chi connectivity index (χ1) is 8.74. The highest BCUT2D eigenvalue weighted by atomic mass is 16.5. The molecule has 1 aliphatic heterocycles. The van der Waals surface area contributed by atoms with Crippen LogP contribution in [0.3, 0.4) is 0 Å². The molecule has 0 bridgehead atoms. The Morgan fingerprint density at radius 1 is 1.42 bits per heavy atom. The van der Waals surface area contributed by atoms with Crippen LogP contribution in [0.25, 0.3) is 0 Å². The number of ether oxygens (including phenoxy) is 1. The van der Waals surface area contributed by atoms with Crippen molar-refractivity contribution in [2.75, 3.05) is 6.54 Å². The van der Waals surface area contributed by atoms with Crippen LogP contribution in [-0.4, -0.2) is 18.1 Å². The minimum absolute atomic E-state index is 0.0577. The van der Waals surface area contributed by atoms with Crippen molar-refractivity contribution in [2.45, 2.75) is 39.3 Å². The third-order valence-corrected chi connectivity index (χ3v) is 3.71. The van der Waals surface area contributed by atoms with Gasteiger partial charge in [-0.05, 0) is 33.8 Å². The Kier molecular flexibility index (Phi) is 3.31. The number of fused-ring (bicyclic) bond motifs is 1. The molecule has 3 N–H and O–H groups in total. The van der Waals surface area contributed by atoms with Gasteiger partial charge in [-0.3, -0.25) is 4.79 Å². The van der Waals surface area contributed by atoms with Crippen LogP contribution in [0, 0.1) is 5.41 Å². The number of carbonyl (C=O) groups is 1. The van der Waals surface area contributed by atoms with Crippen LogP contribution in [0.5, 0.6) is 5.75 Å². The van der Waals surface area contributed by atoms with E-state index in [9.17, 15) is 4.79 Å². The number of amides is 1. The largest absolute Gasteiger partial charge is 0.486 e. The second-order valence-electron chi connectivity index (χ2n) is 6.31. The predicted octanol–water partition coefficient (Wildman–Crippen LogP) is 2.00. The molecule has 1 atom stereocenters. The second kappa shape index (κ2) is 4.53. The standard InChI is InChI=1S/C15H22N2O2/c1-14(2,13(16)18)9-17-12-10-7-5-6-8-11(10)19-15(12,3)4/h5-8,12,17H,9H2,1-4H3,(H2,16,18). The summed E-state index contributed by atoms with van der Waals surface area (Å²) in [5.41, 5.74) is 5.63. The number of hydrogen-bond donors (Lipinski definition) is 2. The molecule has 1 aromatic carbocycles. The third kappa shape index (κ3) is 2.59. The lowest BCUT2D eigenvalue weighted by molar-refractivity contribution is -0.126. The molecular formula is C15H22N2O2. The molecule has 0 spiro atoms. The fraction of sp³-hybridized carbons (Fsp3) is 0.533. The molecular weight excluding hydrogens is 240 g/mol. The lowest BCUT2D eigenvalue weighted by Gasteiger charge is -2.30. The minimum Gasteiger partial charge on any atom is -0.486 e. The van der Waals surface area contributed by atoms with Gasteiger partial charge in [0.2, 0.25) is 5.91 Å². The Morgan fingerprint density at radius 2 is 2.05 bits per heavy atom. The highest BCUT2D eigenvalue weighted by Gasteiger charge is 2.41. The summed E-state index contributed by atoms with van der Waals surface area (Å²) >= 11 is 0. The van der Waals surface area contributed by atoms with Crippen LogP contribution in [-0.2, 0) is 4.79 Å². The Hall–Kier alpha value is -1.55. The van der Waals surface area contributed by atoms with Gasteiger partial charge in [-0.25, -0.2) is 0 Å². The molecule has 0 saturated heterocycles. The number of nitrogens with two attached hydrogens (primary N) is 1. The Bertz CT molecular complexity index is 495. The molecule has 2 rings (SSSR count). The van der Waals surface area contributed by atoms with Crippen LogP contribution in [0.15, 0.2) is 24.3 Å². The van der Waals surface area contributed by atoms with Gasteiger partial charge >= 0.3 is 0 Å². The van der Waals surface area contributed by atoms with Crippen molar-refractivity contribution in [1.29, 1.82) is 0 Å². The average Bonchev–Trinajstić information content (AvgIpc) is 2.56. The number of rotatable bonds is 4. The van der Waals surface area contributed by atoms with Crippen molar-refractivity contribution in [2.24, 2.45) is 11.1 Å². The number of benzene rings is 1. The zero-order valence-electron chi connectivity index (χ0n) is 12.0. The van der Waals surface area contributed by atoms with E-state index in [0.29, 0.717) is 6.54 Å². The molecule has 0 aliphatic carbocycles. The zero-order chi connectivity index (χ0) is 14.3. The van der Waals surface area contributed by atoms with E-state index in [1.54, 1.807) is 0 Å². The van der Waals surface area contributed by atoms with Crippen LogP contribution < -0.4 is 15.8 Å². The highest BCUT2D eigenvalue weighted by Crippen LogP contribution is 2.42. The number of nitrogens with one attached hydrogen (secondary N) is 1. The molecule has 19 heavy (non-hydrogen) atoms. The predicted molar refractivity (Wildman–Crippen MR) is 74.9 cm³/mol. The van der Waals surface area contributed by atoms with Gasteiger partial charge in [0.1, 0.15) is 11.4 Å². The maximum absolute atomic E-state index is 11.4. The van der Waals surface area contributed by atoms with E-state index in [0.717, 1.165) is 11.3 Å². The Labute approximate surface area is 114 Å². The summed E-state index contributed by atoms with van der Waals surface area (Å²) in [5.74, 6) is 0.604. The summed E-state index contributed by atoms with van der Waals surface area (Å²) < 4.78 is 5.95. The van der Waals surface area contributed by atoms with Crippen molar-refractivity contribution in [3.63, 3.8) is 0 Å². The van der Waals surface area contributed by atoms with Crippen molar-refractivity contribution < 1.29 is 9.53 Å². The zero-order valence-corrected chi connectivity index (χ0v) is 12.0. The Balaban J connectivity index is 2.18. The summed E-state index contributed by atoms with van der Waals surface area (Å²) in [4.78, 5) is 11.4. The van der Waals surface area contributed by atoms with Crippen LogP contribution in [0.2, 0.25) is 0 Å². The van der Waals surface area contributed by atoms with E-state index in [2.05, 4.69) is 11.4 Å². The fourth-order valence-corrected chi connectivity index (χ4v) is 2.33. The normalized spacial score (nSPS) is 20.7. The smallest absolute Gasteiger partial charge is 0.224 e. The number of hydrogen-bond acceptors (Lipinski definition) is 3. The SMILES string of the molecule is CC(C)(CNC1c2ccccc2OC1(C)C)C(N)=O. The number of carbonyl (C=O) groups excluding carboxylic acids is 1. The van der Waals surface area contributed by atoms with Crippen LogP contribution in [0.1, 0.15) is 39.3 Å². The van der Waals surface area contributed by atoms with Crippen molar-refractivity contribution >= 4 is 5.91 Å². The summed E-state index contributed by atoms with van der Waals surface area (Å²) in [7, 11) is 0. The van der Waals surface area contributed by atoms with Gasteiger partial charge in [0.05, 0.1) is 11.5 Å². The van der Waals surface area contributed by atoms with Gasteiger partial charge in [0.25, 0.3) is 0 Å². The minimum atomic E-state index is -0.576. The van der Waals surface area contributed by atoms with Crippen molar-refractivity contribution in [1.82, 2.24) is 5.32 Å². The van der Waals surface area contributed by atoms with E-state index in [4.69, 9.17) is 10.5 Å². The molecule has 104 valence electrons. The van der Waals surface area contributed by atoms with Gasteiger partial charge in [0.15, 0.2) is 0 Å². The summed E-state index contributed by atoms with van der Waals surface area (Å²) in [6.07, 6.45) is 0. The summed E-state index contributed by atoms with van der Waals surface area (Å²) in [5, 5.41) is 3.42. The first-order valence-corrected chi connectivity index (χ1v) is 6.55. The maximum Gasteiger partial charge on any atom is 0.224 e. The van der Waals surface area contributed by atoms with E-state index < -0.39 is 5.41 Å². The van der Waals surface area contributed by atoms with Gasteiger partial charge in [0, 0.05) is 12.1 Å². The second-order valence-corrected chi connectivity index (χ2v) is 6.31. The van der Waals surface area contributed by atoms with Gasteiger partial charge in [-0.1, -0.05) is 18.2 Å². The summed E-state index contributed by atoms with van der Waals surface area (Å²) in [6.45, 7) is 8.30. The molecule has 4 heteroatoms. The molecule has 1 heterocycles. The van der Waals surface area contributed by atoms with Gasteiger partial charge < -0.3 is 15.8 Å². The van der Waals surface area contributed by atoms with E-state index >= 15 is 0 Å². The average molecular weight is 262 g/mol.